The third-order valence-electron chi connectivity index (χ3n) is 3.80. The van der Waals surface area contributed by atoms with Crippen molar-refractivity contribution in [2.24, 2.45) is 0 Å². The SMILES string of the molecule is CCOc1ccccc1N1C(=O)C(=O)N(Cc2ccc(Br)cc2F)C1=O. The lowest BCUT2D eigenvalue weighted by atomic mass is 10.2. The summed E-state index contributed by atoms with van der Waals surface area (Å²) in [7, 11) is 0. The Bertz CT molecular complexity index is 903. The van der Waals surface area contributed by atoms with Crippen LogP contribution in [0.5, 0.6) is 5.75 Å². The Kier molecular flexibility index (Phi) is 5.03. The summed E-state index contributed by atoms with van der Waals surface area (Å²) in [4.78, 5) is 38.8. The minimum absolute atomic E-state index is 0.127. The monoisotopic (exact) mass is 420 g/mol. The van der Waals surface area contributed by atoms with Crippen LogP contribution in [0.4, 0.5) is 14.9 Å². The van der Waals surface area contributed by atoms with Crippen LogP contribution in [0.3, 0.4) is 0 Å². The molecule has 26 heavy (non-hydrogen) atoms. The van der Waals surface area contributed by atoms with E-state index in [0.29, 0.717) is 16.8 Å². The van der Waals surface area contributed by atoms with Gasteiger partial charge in [-0.1, -0.05) is 34.1 Å². The summed E-state index contributed by atoms with van der Waals surface area (Å²) in [6.45, 7) is 1.75. The van der Waals surface area contributed by atoms with Crippen molar-refractivity contribution in [3.8, 4) is 5.75 Å². The van der Waals surface area contributed by atoms with Gasteiger partial charge in [0.15, 0.2) is 0 Å². The number of ether oxygens (including phenoxy) is 1. The molecule has 6 nitrogen and oxygen atoms in total. The number of benzene rings is 2. The van der Waals surface area contributed by atoms with E-state index in [9.17, 15) is 18.8 Å². The second kappa shape index (κ2) is 7.25. The molecule has 0 spiro atoms. The van der Waals surface area contributed by atoms with Gasteiger partial charge in [0, 0.05) is 10.0 Å². The number of nitrogens with zero attached hydrogens (tertiary/aromatic N) is 2. The van der Waals surface area contributed by atoms with Crippen molar-refractivity contribution >= 4 is 39.5 Å². The fourth-order valence-corrected chi connectivity index (χ4v) is 2.93. The highest BCUT2D eigenvalue weighted by Crippen LogP contribution is 2.32. The lowest BCUT2D eigenvalue weighted by molar-refractivity contribution is -0.139. The zero-order valence-corrected chi connectivity index (χ0v) is 15.3. The maximum absolute atomic E-state index is 14.0. The van der Waals surface area contributed by atoms with Crippen molar-refractivity contribution in [2.45, 2.75) is 13.5 Å². The van der Waals surface area contributed by atoms with Crippen molar-refractivity contribution in [3.63, 3.8) is 0 Å². The molecule has 0 radical (unpaired) electrons. The number of hydrogen-bond acceptors (Lipinski definition) is 4. The number of amides is 4. The molecule has 0 bridgehead atoms. The average molecular weight is 421 g/mol. The van der Waals surface area contributed by atoms with Gasteiger partial charge in [-0.05, 0) is 31.2 Å². The molecular weight excluding hydrogens is 407 g/mol. The zero-order chi connectivity index (χ0) is 18.8. The molecule has 1 aliphatic heterocycles. The van der Waals surface area contributed by atoms with Gasteiger partial charge in [-0.25, -0.2) is 14.1 Å². The van der Waals surface area contributed by atoms with Crippen LogP contribution >= 0.6 is 15.9 Å². The molecule has 0 saturated carbocycles. The van der Waals surface area contributed by atoms with Gasteiger partial charge in [-0.3, -0.25) is 14.5 Å². The van der Waals surface area contributed by atoms with E-state index in [1.54, 1.807) is 31.2 Å². The molecule has 0 N–H and O–H groups in total. The maximum Gasteiger partial charge on any atom is 0.339 e. The van der Waals surface area contributed by atoms with Crippen LogP contribution in [0.25, 0.3) is 0 Å². The van der Waals surface area contributed by atoms with Crippen LogP contribution in [0, 0.1) is 5.82 Å². The third-order valence-corrected chi connectivity index (χ3v) is 4.30. The summed E-state index contributed by atoms with van der Waals surface area (Å²) in [6.07, 6.45) is 0. The van der Waals surface area contributed by atoms with Crippen molar-refractivity contribution in [2.75, 3.05) is 11.5 Å². The molecule has 3 rings (SSSR count). The first kappa shape index (κ1) is 18.1. The number of para-hydroxylation sites is 2. The Morgan fingerprint density at radius 1 is 1.08 bits per heavy atom. The van der Waals surface area contributed by atoms with E-state index in [4.69, 9.17) is 4.74 Å². The number of halogens is 2. The van der Waals surface area contributed by atoms with Crippen LogP contribution in [0.15, 0.2) is 46.9 Å². The number of imide groups is 2. The molecule has 1 heterocycles. The van der Waals surface area contributed by atoms with E-state index < -0.39 is 23.7 Å². The van der Waals surface area contributed by atoms with Gasteiger partial charge in [0.2, 0.25) is 0 Å². The number of carbonyl (C=O) groups is 3. The molecule has 0 unspecified atom stereocenters. The van der Waals surface area contributed by atoms with Gasteiger partial charge in [-0.2, -0.15) is 0 Å². The minimum atomic E-state index is -1.01. The Hall–Kier alpha value is -2.74. The normalized spacial score (nSPS) is 14.3. The smallest absolute Gasteiger partial charge is 0.339 e. The van der Waals surface area contributed by atoms with Crippen LogP contribution in [0.1, 0.15) is 12.5 Å². The van der Waals surface area contributed by atoms with Crippen molar-refractivity contribution in [1.29, 1.82) is 0 Å². The van der Waals surface area contributed by atoms with Gasteiger partial charge in [0.05, 0.1) is 18.8 Å². The average Bonchev–Trinajstić information content (AvgIpc) is 2.81. The van der Waals surface area contributed by atoms with Crippen LogP contribution in [0.2, 0.25) is 0 Å². The standard InChI is InChI=1S/C18H14BrFN2O4/c1-2-26-15-6-4-3-5-14(15)22-17(24)16(23)21(18(22)25)10-11-7-8-12(19)9-13(11)20/h3-9H,2,10H2,1H3. The molecule has 0 aromatic heterocycles. The first-order chi connectivity index (χ1) is 12.4. The van der Waals surface area contributed by atoms with Gasteiger partial charge < -0.3 is 4.74 Å². The molecular formula is C18H14BrFN2O4. The van der Waals surface area contributed by atoms with Gasteiger partial charge >= 0.3 is 17.8 Å². The molecule has 0 atom stereocenters. The van der Waals surface area contributed by atoms with Gasteiger partial charge in [-0.15, -0.1) is 0 Å². The van der Waals surface area contributed by atoms with E-state index in [1.807, 2.05) is 0 Å². The highest BCUT2D eigenvalue weighted by Gasteiger charge is 2.46. The molecule has 134 valence electrons. The lowest BCUT2D eigenvalue weighted by Gasteiger charge is -2.18. The lowest BCUT2D eigenvalue weighted by Crippen LogP contribution is -2.33. The van der Waals surface area contributed by atoms with Gasteiger partial charge in [0.1, 0.15) is 11.6 Å². The third kappa shape index (κ3) is 3.20. The number of rotatable bonds is 5. The predicted molar refractivity (Wildman–Crippen MR) is 95.1 cm³/mol. The first-order valence-electron chi connectivity index (χ1n) is 7.79. The van der Waals surface area contributed by atoms with E-state index in [1.165, 1.54) is 18.2 Å². The molecule has 8 heteroatoms. The zero-order valence-electron chi connectivity index (χ0n) is 13.7. The summed E-state index contributed by atoms with van der Waals surface area (Å²) < 4.78 is 20.0. The van der Waals surface area contributed by atoms with Crippen molar-refractivity contribution < 1.29 is 23.5 Å². The summed E-state index contributed by atoms with van der Waals surface area (Å²) in [5.74, 6) is -2.29. The molecule has 4 amide bonds. The summed E-state index contributed by atoms with van der Waals surface area (Å²) in [5, 5.41) is 0. The maximum atomic E-state index is 14.0. The van der Waals surface area contributed by atoms with Crippen LogP contribution < -0.4 is 9.64 Å². The highest BCUT2D eigenvalue weighted by atomic mass is 79.9. The Morgan fingerprint density at radius 3 is 2.50 bits per heavy atom. The van der Waals surface area contributed by atoms with Gasteiger partial charge in [0.25, 0.3) is 0 Å². The summed E-state index contributed by atoms with van der Waals surface area (Å²) in [5.41, 5.74) is 0.305. The fourth-order valence-electron chi connectivity index (χ4n) is 2.60. The van der Waals surface area contributed by atoms with E-state index in [2.05, 4.69) is 15.9 Å². The number of hydrogen-bond donors (Lipinski definition) is 0. The van der Waals surface area contributed by atoms with Crippen molar-refractivity contribution in [1.82, 2.24) is 4.90 Å². The van der Waals surface area contributed by atoms with E-state index in [0.717, 1.165) is 9.80 Å². The molecule has 2 aromatic carbocycles. The van der Waals surface area contributed by atoms with Crippen LogP contribution in [-0.4, -0.2) is 29.4 Å². The second-order valence-electron chi connectivity index (χ2n) is 5.45. The van der Waals surface area contributed by atoms with E-state index >= 15 is 0 Å². The van der Waals surface area contributed by atoms with E-state index in [-0.39, 0.29) is 17.8 Å². The topological polar surface area (TPSA) is 66.9 Å². The number of carbonyl (C=O) groups excluding carboxylic acids is 3. The highest BCUT2D eigenvalue weighted by molar-refractivity contribution is 9.10. The minimum Gasteiger partial charge on any atom is -0.492 e. The second-order valence-corrected chi connectivity index (χ2v) is 6.37. The van der Waals surface area contributed by atoms with Crippen LogP contribution in [-0.2, 0) is 16.1 Å². The summed E-state index contributed by atoms with van der Waals surface area (Å²) in [6, 6.07) is 9.85. The molecule has 2 aromatic rings. The van der Waals surface area contributed by atoms with Crippen molar-refractivity contribution in [3.05, 3.63) is 58.3 Å². The Balaban J connectivity index is 1.93. The number of anilines is 1. The Labute approximate surface area is 157 Å². The summed E-state index contributed by atoms with van der Waals surface area (Å²) >= 11 is 3.14. The largest absolute Gasteiger partial charge is 0.492 e. The molecule has 1 aliphatic rings. The quantitative estimate of drug-likeness (QED) is 0.548. The first-order valence-corrected chi connectivity index (χ1v) is 8.59. The number of urea groups is 1. The molecule has 0 aliphatic carbocycles. The molecule has 1 saturated heterocycles. The predicted octanol–water partition coefficient (Wildman–Crippen LogP) is 3.48. The fraction of sp³-hybridized carbons (Fsp3) is 0.167. The molecule has 1 fully saturated rings. The Morgan fingerprint density at radius 2 is 1.81 bits per heavy atom.